The molecule has 0 spiro atoms. The maximum absolute atomic E-state index is 5.90. The minimum Gasteiger partial charge on any atom is -0.370 e. The largest absolute Gasteiger partial charge is 0.370 e. The van der Waals surface area contributed by atoms with E-state index < -0.39 is 0 Å². The number of aromatic nitrogens is 1. The number of nitrogens with one attached hydrogen (secondary N) is 1. The molecule has 4 heteroatoms. The zero-order valence-corrected chi connectivity index (χ0v) is 11.3. The van der Waals surface area contributed by atoms with Crippen molar-refractivity contribution >= 4 is 11.8 Å². The van der Waals surface area contributed by atoms with Gasteiger partial charge in [0.2, 0.25) is 0 Å². The van der Waals surface area contributed by atoms with Crippen LogP contribution in [0.4, 0.5) is 5.82 Å². The molecule has 1 aromatic carbocycles. The average molecular weight is 266 g/mol. The normalized spacial score (nSPS) is 17.8. The number of nitrogens with zero attached hydrogens (tertiary/aromatic N) is 2. The molecule has 0 saturated carbocycles. The van der Waals surface area contributed by atoms with E-state index in [0.29, 0.717) is 11.9 Å². The van der Waals surface area contributed by atoms with Gasteiger partial charge >= 0.3 is 0 Å². The molecule has 1 aliphatic carbocycles. The Balaban J connectivity index is 1.63. The third kappa shape index (κ3) is 2.79. The van der Waals surface area contributed by atoms with Crippen molar-refractivity contribution < 1.29 is 0 Å². The molecule has 1 aliphatic rings. The quantitative estimate of drug-likeness (QED) is 0.663. The van der Waals surface area contributed by atoms with Crippen LogP contribution in [0.1, 0.15) is 23.5 Å². The minimum absolute atomic E-state index is 0.424. The SMILES string of the molecule is NC(=NCC1CCc2ccccc21)Nc1ccccn1. The van der Waals surface area contributed by atoms with Crippen molar-refractivity contribution in [2.24, 2.45) is 10.7 Å². The van der Waals surface area contributed by atoms with E-state index in [-0.39, 0.29) is 0 Å². The van der Waals surface area contributed by atoms with E-state index in [2.05, 4.69) is 39.6 Å². The van der Waals surface area contributed by atoms with Crippen LogP contribution in [0.25, 0.3) is 0 Å². The van der Waals surface area contributed by atoms with Crippen LogP contribution >= 0.6 is 0 Å². The number of hydrogen-bond donors (Lipinski definition) is 2. The Kier molecular flexibility index (Phi) is 3.63. The molecule has 0 aliphatic heterocycles. The van der Waals surface area contributed by atoms with E-state index in [1.54, 1.807) is 6.20 Å². The van der Waals surface area contributed by atoms with Gasteiger partial charge < -0.3 is 11.1 Å². The summed E-state index contributed by atoms with van der Waals surface area (Å²) in [5.41, 5.74) is 8.77. The Morgan fingerprint density at radius 1 is 1.25 bits per heavy atom. The first kappa shape index (κ1) is 12.7. The van der Waals surface area contributed by atoms with Gasteiger partial charge in [-0.25, -0.2) is 4.98 Å². The van der Waals surface area contributed by atoms with Gasteiger partial charge in [-0.05, 0) is 36.1 Å². The zero-order valence-electron chi connectivity index (χ0n) is 11.3. The van der Waals surface area contributed by atoms with Crippen molar-refractivity contribution in [3.05, 3.63) is 59.8 Å². The molecule has 1 aromatic heterocycles. The molecule has 0 bridgehead atoms. The van der Waals surface area contributed by atoms with Gasteiger partial charge in [0.25, 0.3) is 0 Å². The van der Waals surface area contributed by atoms with E-state index in [9.17, 15) is 0 Å². The molecule has 20 heavy (non-hydrogen) atoms. The lowest BCUT2D eigenvalue weighted by Gasteiger charge is -2.09. The molecule has 1 heterocycles. The summed E-state index contributed by atoms with van der Waals surface area (Å²) in [4.78, 5) is 8.61. The third-order valence-electron chi connectivity index (χ3n) is 3.66. The number of nitrogens with two attached hydrogens (primary N) is 1. The van der Waals surface area contributed by atoms with Crippen LogP contribution in [-0.4, -0.2) is 17.5 Å². The van der Waals surface area contributed by atoms with E-state index in [0.717, 1.165) is 25.2 Å². The molecule has 0 saturated heterocycles. The summed E-state index contributed by atoms with van der Waals surface area (Å²) < 4.78 is 0. The van der Waals surface area contributed by atoms with Crippen LogP contribution in [0.2, 0.25) is 0 Å². The van der Waals surface area contributed by atoms with Crippen molar-refractivity contribution in [1.29, 1.82) is 0 Å². The predicted octanol–water partition coefficient (Wildman–Crippen LogP) is 2.54. The molecule has 4 nitrogen and oxygen atoms in total. The monoisotopic (exact) mass is 266 g/mol. The van der Waals surface area contributed by atoms with Crippen LogP contribution in [-0.2, 0) is 6.42 Å². The second kappa shape index (κ2) is 5.74. The highest BCUT2D eigenvalue weighted by Gasteiger charge is 2.21. The van der Waals surface area contributed by atoms with Crippen molar-refractivity contribution in [2.75, 3.05) is 11.9 Å². The minimum atomic E-state index is 0.424. The van der Waals surface area contributed by atoms with Gasteiger partial charge in [0.05, 0.1) is 0 Å². The van der Waals surface area contributed by atoms with Crippen LogP contribution in [0.5, 0.6) is 0 Å². The summed E-state index contributed by atoms with van der Waals surface area (Å²) in [5, 5.41) is 3.01. The summed E-state index contributed by atoms with van der Waals surface area (Å²) in [6, 6.07) is 14.2. The number of aryl methyl sites for hydroxylation is 1. The molecular formula is C16H18N4. The summed E-state index contributed by atoms with van der Waals surface area (Å²) in [7, 11) is 0. The number of fused-ring (bicyclic) bond motifs is 1. The van der Waals surface area contributed by atoms with Crippen LogP contribution < -0.4 is 11.1 Å². The van der Waals surface area contributed by atoms with Gasteiger partial charge in [0.1, 0.15) is 5.82 Å². The van der Waals surface area contributed by atoms with Crippen LogP contribution in [0, 0.1) is 0 Å². The van der Waals surface area contributed by atoms with Gasteiger partial charge in [-0.2, -0.15) is 0 Å². The molecule has 0 radical (unpaired) electrons. The number of pyridine rings is 1. The molecule has 0 amide bonds. The van der Waals surface area contributed by atoms with Crippen LogP contribution in [0.15, 0.2) is 53.7 Å². The highest BCUT2D eigenvalue weighted by Crippen LogP contribution is 2.32. The fourth-order valence-electron chi connectivity index (χ4n) is 2.65. The van der Waals surface area contributed by atoms with Gasteiger partial charge in [-0.1, -0.05) is 30.3 Å². The Labute approximate surface area is 118 Å². The summed E-state index contributed by atoms with van der Waals surface area (Å²) in [6.45, 7) is 0.725. The van der Waals surface area contributed by atoms with E-state index in [1.807, 2.05) is 18.2 Å². The number of aliphatic imine (C=N–C) groups is 1. The van der Waals surface area contributed by atoms with E-state index in [4.69, 9.17) is 5.73 Å². The summed E-state index contributed by atoms with van der Waals surface area (Å²) >= 11 is 0. The van der Waals surface area contributed by atoms with Gasteiger partial charge in [-0.3, -0.25) is 4.99 Å². The molecular weight excluding hydrogens is 248 g/mol. The molecule has 102 valence electrons. The molecule has 3 rings (SSSR count). The number of rotatable bonds is 3. The Bertz CT molecular complexity index is 607. The first-order chi connectivity index (χ1) is 9.83. The lowest BCUT2D eigenvalue weighted by atomic mass is 10.0. The summed E-state index contributed by atoms with van der Waals surface area (Å²) in [5.74, 6) is 1.63. The fraction of sp³-hybridized carbons (Fsp3) is 0.250. The molecule has 0 fully saturated rings. The molecule has 2 aromatic rings. The zero-order chi connectivity index (χ0) is 13.8. The van der Waals surface area contributed by atoms with E-state index >= 15 is 0 Å². The second-order valence-electron chi connectivity index (χ2n) is 5.00. The first-order valence-corrected chi connectivity index (χ1v) is 6.89. The van der Waals surface area contributed by atoms with Crippen LogP contribution in [0.3, 0.4) is 0 Å². The Morgan fingerprint density at radius 2 is 2.10 bits per heavy atom. The maximum Gasteiger partial charge on any atom is 0.194 e. The number of guanidine groups is 1. The van der Waals surface area contributed by atoms with E-state index in [1.165, 1.54) is 11.1 Å². The second-order valence-corrected chi connectivity index (χ2v) is 5.00. The van der Waals surface area contributed by atoms with Crippen molar-refractivity contribution in [2.45, 2.75) is 18.8 Å². The average Bonchev–Trinajstić information content (AvgIpc) is 2.89. The molecule has 1 atom stereocenters. The molecule has 1 unspecified atom stereocenters. The van der Waals surface area contributed by atoms with Crippen molar-refractivity contribution in [3.8, 4) is 0 Å². The smallest absolute Gasteiger partial charge is 0.194 e. The Hall–Kier alpha value is -2.36. The Morgan fingerprint density at radius 3 is 2.95 bits per heavy atom. The molecule has 3 N–H and O–H groups in total. The number of anilines is 1. The number of benzene rings is 1. The van der Waals surface area contributed by atoms with Gasteiger partial charge in [-0.15, -0.1) is 0 Å². The maximum atomic E-state index is 5.90. The van der Waals surface area contributed by atoms with Crippen molar-refractivity contribution in [1.82, 2.24) is 4.98 Å². The number of hydrogen-bond acceptors (Lipinski definition) is 2. The van der Waals surface area contributed by atoms with Crippen molar-refractivity contribution in [3.63, 3.8) is 0 Å². The summed E-state index contributed by atoms with van der Waals surface area (Å²) in [6.07, 6.45) is 4.02. The standard InChI is InChI=1S/C16H18N4/c17-16(20-15-7-3-4-10-18-15)19-11-13-9-8-12-5-1-2-6-14(12)13/h1-7,10,13H,8-9,11H2,(H3,17,18,19,20). The lowest BCUT2D eigenvalue weighted by Crippen LogP contribution is -2.24. The highest BCUT2D eigenvalue weighted by atomic mass is 15.1. The predicted molar refractivity (Wildman–Crippen MR) is 81.9 cm³/mol. The highest BCUT2D eigenvalue weighted by molar-refractivity contribution is 5.91. The van der Waals surface area contributed by atoms with Gasteiger partial charge in [0, 0.05) is 18.7 Å². The fourth-order valence-corrected chi connectivity index (χ4v) is 2.65. The lowest BCUT2D eigenvalue weighted by molar-refractivity contribution is 0.689. The first-order valence-electron chi connectivity index (χ1n) is 6.89. The third-order valence-corrected chi connectivity index (χ3v) is 3.66. The van der Waals surface area contributed by atoms with Gasteiger partial charge in [0.15, 0.2) is 5.96 Å². The topological polar surface area (TPSA) is 63.3 Å².